The van der Waals surface area contributed by atoms with Gasteiger partial charge in [0.2, 0.25) is 5.89 Å². The van der Waals surface area contributed by atoms with Crippen LogP contribution in [0.5, 0.6) is 5.75 Å². The molecule has 0 spiro atoms. The van der Waals surface area contributed by atoms with E-state index in [1.807, 2.05) is 31.2 Å². The molecule has 1 aromatic heterocycles. The van der Waals surface area contributed by atoms with E-state index in [1.54, 1.807) is 14.0 Å². The van der Waals surface area contributed by atoms with Crippen molar-refractivity contribution >= 4 is 5.97 Å². The number of hydrogen-bond acceptors (Lipinski definition) is 6. The number of ether oxygens (including phenoxy) is 3. The first-order valence-electron chi connectivity index (χ1n) is 10.0. The molecule has 1 fully saturated rings. The number of aryl methyl sites for hydroxylation is 1. The third kappa shape index (κ3) is 5.81. The molecule has 3 rings (SSSR count). The van der Waals surface area contributed by atoms with Crippen LogP contribution in [0.3, 0.4) is 0 Å². The standard InChI is InChI=1S/C22H29NO6/c1-14-20(23-21(29-14)17-7-5-8-18(11-17)26-3)13-28-19-9-4-6-16(10-19)12-27-15(2)22(24)25/h5,7-8,11,15-16,19H,4,6,9-10,12-13H2,1-3H3,(H,24,25)/t15?,16-,19+/m1/s1. The summed E-state index contributed by atoms with van der Waals surface area (Å²) in [5.74, 6) is 1.44. The Hall–Kier alpha value is -2.38. The maximum atomic E-state index is 10.9. The van der Waals surface area contributed by atoms with Crippen LogP contribution in [-0.4, -0.2) is 42.0 Å². The van der Waals surface area contributed by atoms with E-state index in [0.29, 0.717) is 25.0 Å². The Morgan fingerprint density at radius 3 is 2.97 bits per heavy atom. The first kappa shape index (κ1) is 21.3. The minimum Gasteiger partial charge on any atom is -0.497 e. The van der Waals surface area contributed by atoms with Crippen molar-refractivity contribution in [3.8, 4) is 17.2 Å². The second kappa shape index (κ2) is 9.89. The fourth-order valence-corrected chi connectivity index (χ4v) is 3.53. The Balaban J connectivity index is 1.54. The molecule has 29 heavy (non-hydrogen) atoms. The summed E-state index contributed by atoms with van der Waals surface area (Å²) in [7, 11) is 1.63. The van der Waals surface area contributed by atoms with E-state index in [1.165, 1.54) is 0 Å². The van der Waals surface area contributed by atoms with E-state index in [-0.39, 0.29) is 6.10 Å². The molecule has 1 aliphatic rings. The number of carboxylic acid groups (broad SMARTS) is 1. The summed E-state index contributed by atoms with van der Waals surface area (Å²) in [6.45, 7) is 4.30. The molecule has 0 amide bonds. The molecular formula is C22H29NO6. The van der Waals surface area contributed by atoms with Crippen LogP contribution in [0.1, 0.15) is 44.1 Å². The molecule has 0 bridgehead atoms. The van der Waals surface area contributed by atoms with E-state index in [2.05, 4.69) is 4.98 Å². The normalized spacial score (nSPS) is 20.4. The molecule has 2 aromatic rings. The summed E-state index contributed by atoms with van der Waals surface area (Å²) < 4.78 is 22.6. The van der Waals surface area contributed by atoms with E-state index in [9.17, 15) is 4.79 Å². The molecule has 1 saturated carbocycles. The average Bonchev–Trinajstić information content (AvgIpc) is 3.11. The second-order valence-electron chi connectivity index (χ2n) is 7.53. The van der Waals surface area contributed by atoms with E-state index < -0.39 is 12.1 Å². The number of methoxy groups -OCH3 is 1. The van der Waals surface area contributed by atoms with Crippen LogP contribution in [0.25, 0.3) is 11.5 Å². The topological polar surface area (TPSA) is 91.0 Å². The zero-order chi connectivity index (χ0) is 20.8. The Morgan fingerprint density at radius 2 is 2.21 bits per heavy atom. The summed E-state index contributed by atoms with van der Waals surface area (Å²) in [4.78, 5) is 15.5. The number of aromatic nitrogens is 1. The minimum absolute atomic E-state index is 0.119. The lowest BCUT2D eigenvalue weighted by atomic mass is 9.87. The van der Waals surface area contributed by atoms with Crippen molar-refractivity contribution < 1.29 is 28.5 Å². The fraction of sp³-hybridized carbons (Fsp3) is 0.545. The largest absolute Gasteiger partial charge is 0.497 e. The van der Waals surface area contributed by atoms with Crippen LogP contribution < -0.4 is 4.74 Å². The van der Waals surface area contributed by atoms with Gasteiger partial charge in [-0.1, -0.05) is 12.5 Å². The fourth-order valence-electron chi connectivity index (χ4n) is 3.53. The van der Waals surface area contributed by atoms with Crippen molar-refractivity contribution in [2.75, 3.05) is 13.7 Å². The van der Waals surface area contributed by atoms with Gasteiger partial charge >= 0.3 is 5.97 Å². The molecule has 158 valence electrons. The van der Waals surface area contributed by atoms with Crippen molar-refractivity contribution in [1.82, 2.24) is 4.98 Å². The van der Waals surface area contributed by atoms with Gasteiger partial charge in [0.1, 0.15) is 17.2 Å². The van der Waals surface area contributed by atoms with Crippen LogP contribution in [0.4, 0.5) is 0 Å². The van der Waals surface area contributed by atoms with Crippen molar-refractivity contribution in [3.63, 3.8) is 0 Å². The monoisotopic (exact) mass is 403 g/mol. The van der Waals surface area contributed by atoms with Gasteiger partial charge in [-0.3, -0.25) is 0 Å². The van der Waals surface area contributed by atoms with Crippen LogP contribution >= 0.6 is 0 Å². The molecule has 3 atom stereocenters. The molecule has 0 radical (unpaired) electrons. The highest BCUT2D eigenvalue weighted by Gasteiger charge is 2.25. The van der Waals surface area contributed by atoms with Gasteiger partial charge in [-0.15, -0.1) is 0 Å². The predicted octanol–water partition coefficient (Wildman–Crippen LogP) is 4.22. The van der Waals surface area contributed by atoms with Gasteiger partial charge in [-0.2, -0.15) is 0 Å². The maximum absolute atomic E-state index is 10.9. The summed E-state index contributed by atoms with van der Waals surface area (Å²) in [5, 5.41) is 8.94. The number of nitrogens with zero attached hydrogens (tertiary/aromatic N) is 1. The number of oxazole rings is 1. The zero-order valence-corrected chi connectivity index (χ0v) is 17.2. The predicted molar refractivity (Wildman–Crippen MR) is 107 cm³/mol. The van der Waals surface area contributed by atoms with Crippen molar-refractivity contribution in [3.05, 3.63) is 35.7 Å². The van der Waals surface area contributed by atoms with Crippen LogP contribution in [0.15, 0.2) is 28.7 Å². The molecule has 1 aromatic carbocycles. The number of carbonyl (C=O) groups is 1. The van der Waals surface area contributed by atoms with Gasteiger partial charge in [0.05, 0.1) is 26.4 Å². The molecular weight excluding hydrogens is 374 g/mol. The summed E-state index contributed by atoms with van der Waals surface area (Å²) >= 11 is 0. The number of carboxylic acids is 1. The number of rotatable bonds is 9. The molecule has 1 N–H and O–H groups in total. The van der Waals surface area contributed by atoms with Gasteiger partial charge in [-0.05, 0) is 57.2 Å². The number of hydrogen-bond donors (Lipinski definition) is 1. The first-order valence-corrected chi connectivity index (χ1v) is 10.0. The molecule has 1 aliphatic carbocycles. The van der Waals surface area contributed by atoms with Gasteiger partial charge < -0.3 is 23.7 Å². The second-order valence-corrected chi connectivity index (χ2v) is 7.53. The highest BCUT2D eigenvalue weighted by atomic mass is 16.5. The van der Waals surface area contributed by atoms with Gasteiger partial charge in [-0.25, -0.2) is 9.78 Å². The maximum Gasteiger partial charge on any atom is 0.332 e. The Kier molecular flexibility index (Phi) is 7.28. The number of benzene rings is 1. The molecule has 0 saturated heterocycles. The van der Waals surface area contributed by atoms with Crippen molar-refractivity contribution in [1.29, 1.82) is 0 Å². The quantitative estimate of drug-likeness (QED) is 0.670. The highest BCUT2D eigenvalue weighted by Crippen LogP contribution is 2.29. The van der Waals surface area contributed by atoms with Gasteiger partial charge in [0.15, 0.2) is 6.10 Å². The molecule has 1 heterocycles. The lowest BCUT2D eigenvalue weighted by Gasteiger charge is -2.29. The first-order chi connectivity index (χ1) is 14.0. The lowest BCUT2D eigenvalue weighted by Crippen LogP contribution is -2.29. The summed E-state index contributed by atoms with van der Waals surface area (Å²) in [6.07, 6.45) is 3.29. The SMILES string of the molecule is COc1cccc(-c2nc(CO[C@H]3CCC[C@@H](COC(C)C(=O)O)C3)c(C)o2)c1. The summed E-state index contributed by atoms with van der Waals surface area (Å²) in [5.41, 5.74) is 1.65. The third-order valence-electron chi connectivity index (χ3n) is 5.33. The van der Waals surface area contributed by atoms with Crippen LogP contribution in [0, 0.1) is 12.8 Å². The smallest absolute Gasteiger partial charge is 0.332 e. The molecule has 1 unspecified atom stereocenters. The van der Waals surface area contributed by atoms with Gasteiger partial charge in [0.25, 0.3) is 0 Å². The zero-order valence-electron chi connectivity index (χ0n) is 17.2. The average molecular weight is 403 g/mol. The summed E-state index contributed by atoms with van der Waals surface area (Å²) in [6, 6.07) is 7.60. The van der Waals surface area contributed by atoms with E-state index in [4.69, 9.17) is 23.7 Å². The van der Waals surface area contributed by atoms with Crippen LogP contribution in [0.2, 0.25) is 0 Å². The van der Waals surface area contributed by atoms with E-state index >= 15 is 0 Å². The minimum atomic E-state index is -0.929. The molecule has 7 heteroatoms. The Bertz CT molecular complexity index is 817. The van der Waals surface area contributed by atoms with Crippen molar-refractivity contribution in [2.45, 2.75) is 58.3 Å². The highest BCUT2D eigenvalue weighted by molar-refractivity contribution is 5.71. The molecule has 7 nitrogen and oxygen atoms in total. The Labute approximate surface area is 171 Å². The molecule has 0 aliphatic heterocycles. The number of aliphatic carboxylic acids is 1. The van der Waals surface area contributed by atoms with Crippen molar-refractivity contribution in [2.24, 2.45) is 5.92 Å². The lowest BCUT2D eigenvalue weighted by molar-refractivity contribution is -0.150. The Morgan fingerprint density at radius 1 is 1.38 bits per heavy atom. The van der Waals surface area contributed by atoms with E-state index in [0.717, 1.165) is 48.5 Å². The third-order valence-corrected chi connectivity index (χ3v) is 5.33. The van der Waals surface area contributed by atoms with Gasteiger partial charge in [0, 0.05) is 5.56 Å². The van der Waals surface area contributed by atoms with Crippen LogP contribution in [-0.2, 0) is 20.9 Å².